The first kappa shape index (κ1) is 8.37. The highest BCUT2D eigenvalue weighted by Gasteiger charge is 2.41. The minimum Gasteiger partial charge on any atom is -0.310 e. The molecule has 3 rings (SSSR count). The van der Waals surface area contributed by atoms with E-state index in [1.165, 1.54) is 30.8 Å². The number of hydrogen-bond donors (Lipinski definition) is 1. The second-order valence-electron chi connectivity index (χ2n) is 4.57. The number of allylic oxidation sites excluding steroid dienone is 1. The number of rotatable bonds is 2. The monoisotopic (exact) mass is 195 g/mol. The summed E-state index contributed by atoms with van der Waals surface area (Å²) in [7, 11) is 0. The van der Waals surface area contributed by atoms with Gasteiger partial charge < -0.3 is 5.32 Å². The maximum Gasteiger partial charge on any atom is 0.0168 e. The fourth-order valence-corrected chi connectivity index (χ4v) is 4.04. The molecule has 0 bridgehead atoms. The molecule has 1 saturated heterocycles. The molecule has 4 unspecified atom stereocenters. The van der Waals surface area contributed by atoms with Crippen LogP contribution in [0.2, 0.25) is 0 Å². The van der Waals surface area contributed by atoms with Gasteiger partial charge in [-0.25, -0.2) is 0 Å². The van der Waals surface area contributed by atoms with Crippen LogP contribution in [0.25, 0.3) is 0 Å². The van der Waals surface area contributed by atoms with Gasteiger partial charge in [-0.15, -0.1) is 0 Å². The summed E-state index contributed by atoms with van der Waals surface area (Å²) >= 11 is 2.10. The lowest BCUT2D eigenvalue weighted by Crippen LogP contribution is -2.51. The number of hydrogen-bond acceptors (Lipinski definition) is 2. The third kappa shape index (κ3) is 1.44. The number of nitrogens with one attached hydrogen (secondary N) is 1. The van der Waals surface area contributed by atoms with Crippen LogP contribution in [-0.4, -0.2) is 23.6 Å². The topological polar surface area (TPSA) is 12.0 Å². The van der Waals surface area contributed by atoms with E-state index in [1.54, 1.807) is 0 Å². The highest BCUT2D eigenvalue weighted by atomic mass is 32.2. The van der Waals surface area contributed by atoms with E-state index in [2.05, 4.69) is 29.2 Å². The van der Waals surface area contributed by atoms with Crippen LogP contribution < -0.4 is 5.32 Å². The van der Waals surface area contributed by atoms with E-state index >= 15 is 0 Å². The van der Waals surface area contributed by atoms with Crippen molar-refractivity contribution in [2.24, 2.45) is 11.8 Å². The Labute approximate surface area is 84.4 Å². The van der Waals surface area contributed by atoms with Gasteiger partial charge in [0.2, 0.25) is 0 Å². The molecule has 1 nitrogen and oxygen atoms in total. The molecule has 0 spiro atoms. The maximum atomic E-state index is 3.81. The van der Waals surface area contributed by atoms with Crippen molar-refractivity contribution < 1.29 is 0 Å². The summed E-state index contributed by atoms with van der Waals surface area (Å²) in [6.07, 6.45) is 8.98. The molecule has 0 aromatic carbocycles. The molecule has 4 atom stereocenters. The third-order valence-corrected chi connectivity index (χ3v) is 4.90. The van der Waals surface area contributed by atoms with Crippen LogP contribution in [0, 0.1) is 11.8 Å². The normalized spacial score (nSPS) is 47.7. The quantitative estimate of drug-likeness (QED) is 0.677. The Balaban J connectivity index is 1.53. The highest BCUT2D eigenvalue weighted by molar-refractivity contribution is 7.99. The van der Waals surface area contributed by atoms with Crippen LogP contribution in [0.1, 0.15) is 19.3 Å². The Morgan fingerprint density at radius 2 is 2.38 bits per heavy atom. The molecular formula is C11H17NS. The van der Waals surface area contributed by atoms with Crippen molar-refractivity contribution in [2.45, 2.75) is 31.3 Å². The maximum absolute atomic E-state index is 3.81. The molecule has 0 aromatic rings. The predicted molar refractivity (Wildman–Crippen MR) is 58.0 cm³/mol. The second-order valence-corrected chi connectivity index (χ2v) is 5.72. The van der Waals surface area contributed by atoms with Crippen LogP contribution in [0.3, 0.4) is 0 Å². The van der Waals surface area contributed by atoms with E-state index in [4.69, 9.17) is 0 Å². The van der Waals surface area contributed by atoms with Crippen LogP contribution in [0.15, 0.2) is 12.2 Å². The minimum absolute atomic E-state index is 0.824. The van der Waals surface area contributed by atoms with E-state index in [0.717, 1.165) is 23.9 Å². The molecule has 72 valence electrons. The Morgan fingerprint density at radius 3 is 3.15 bits per heavy atom. The van der Waals surface area contributed by atoms with Gasteiger partial charge in [0.25, 0.3) is 0 Å². The standard InChI is InChI=1S/C11H17NS/c1-2-8-6-11(10(8)3-1)12-9-4-5-13-7-9/h1,3,8-12H,2,4-7H2. The van der Waals surface area contributed by atoms with Crippen LogP contribution >= 0.6 is 11.8 Å². The van der Waals surface area contributed by atoms with Gasteiger partial charge >= 0.3 is 0 Å². The van der Waals surface area contributed by atoms with Crippen molar-refractivity contribution in [2.75, 3.05) is 11.5 Å². The van der Waals surface area contributed by atoms with Gasteiger partial charge in [-0.05, 0) is 36.9 Å². The lowest BCUT2D eigenvalue weighted by molar-refractivity contribution is 0.153. The molecule has 0 radical (unpaired) electrons. The average molecular weight is 195 g/mol. The molecule has 1 aliphatic heterocycles. The Bertz CT molecular complexity index is 220. The number of fused-ring (bicyclic) bond motifs is 1. The largest absolute Gasteiger partial charge is 0.310 e. The minimum atomic E-state index is 0.824. The van der Waals surface area contributed by atoms with Gasteiger partial charge in [0.15, 0.2) is 0 Å². The SMILES string of the molecule is C1=CC2C(C1)CC2NC1CCSC1. The van der Waals surface area contributed by atoms with Crippen LogP contribution in [0.4, 0.5) is 0 Å². The first-order chi connectivity index (χ1) is 6.43. The highest BCUT2D eigenvalue weighted by Crippen LogP contribution is 2.43. The summed E-state index contributed by atoms with van der Waals surface area (Å²) in [4.78, 5) is 0. The molecule has 0 amide bonds. The fraction of sp³-hybridized carbons (Fsp3) is 0.818. The van der Waals surface area contributed by atoms with Gasteiger partial charge in [0.05, 0.1) is 0 Å². The first-order valence-corrected chi connectivity index (χ1v) is 6.59. The van der Waals surface area contributed by atoms with Crippen molar-refractivity contribution in [3.8, 4) is 0 Å². The summed E-state index contributed by atoms with van der Waals surface area (Å²) in [5.74, 6) is 4.61. The van der Waals surface area contributed by atoms with Crippen molar-refractivity contribution in [3.05, 3.63) is 12.2 Å². The van der Waals surface area contributed by atoms with E-state index in [0.29, 0.717) is 0 Å². The summed E-state index contributed by atoms with van der Waals surface area (Å²) in [5, 5.41) is 3.81. The summed E-state index contributed by atoms with van der Waals surface area (Å²) < 4.78 is 0. The summed E-state index contributed by atoms with van der Waals surface area (Å²) in [6, 6.07) is 1.65. The Morgan fingerprint density at radius 1 is 1.38 bits per heavy atom. The van der Waals surface area contributed by atoms with E-state index in [-0.39, 0.29) is 0 Å². The number of thioether (sulfide) groups is 1. The molecule has 3 aliphatic rings. The Hall–Kier alpha value is 0.0500. The molecule has 13 heavy (non-hydrogen) atoms. The molecule has 1 N–H and O–H groups in total. The molecule has 2 fully saturated rings. The summed E-state index contributed by atoms with van der Waals surface area (Å²) in [6.45, 7) is 0. The first-order valence-electron chi connectivity index (χ1n) is 5.44. The molecule has 2 aliphatic carbocycles. The molecule has 2 heteroatoms. The molecule has 1 saturated carbocycles. The van der Waals surface area contributed by atoms with Crippen LogP contribution in [-0.2, 0) is 0 Å². The van der Waals surface area contributed by atoms with E-state index in [1.807, 2.05) is 0 Å². The van der Waals surface area contributed by atoms with E-state index in [9.17, 15) is 0 Å². The van der Waals surface area contributed by atoms with Crippen LogP contribution in [0.5, 0.6) is 0 Å². The van der Waals surface area contributed by atoms with Crippen molar-refractivity contribution >= 4 is 11.8 Å². The summed E-state index contributed by atoms with van der Waals surface area (Å²) in [5.41, 5.74) is 0. The molecule has 1 heterocycles. The smallest absolute Gasteiger partial charge is 0.0168 e. The lowest BCUT2D eigenvalue weighted by Gasteiger charge is -2.42. The van der Waals surface area contributed by atoms with Crippen molar-refractivity contribution in [3.63, 3.8) is 0 Å². The molecular weight excluding hydrogens is 178 g/mol. The Kier molecular flexibility index (Phi) is 2.14. The average Bonchev–Trinajstić information content (AvgIpc) is 2.69. The zero-order chi connectivity index (χ0) is 8.67. The van der Waals surface area contributed by atoms with Gasteiger partial charge in [-0.1, -0.05) is 12.2 Å². The van der Waals surface area contributed by atoms with Crippen molar-refractivity contribution in [1.82, 2.24) is 5.32 Å². The van der Waals surface area contributed by atoms with E-state index < -0.39 is 0 Å². The zero-order valence-electron chi connectivity index (χ0n) is 7.91. The predicted octanol–water partition coefficient (Wildman–Crippen LogP) is 2.05. The van der Waals surface area contributed by atoms with Gasteiger partial charge in [0, 0.05) is 17.8 Å². The lowest BCUT2D eigenvalue weighted by atomic mass is 9.71. The molecule has 0 aromatic heterocycles. The second kappa shape index (κ2) is 3.32. The third-order valence-electron chi connectivity index (χ3n) is 3.74. The van der Waals surface area contributed by atoms with Gasteiger partial charge in [-0.3, -0.25) is 0 Å². The van der Waals surface area contributed by atoms with Gasteiger partial charge in [0.1, 0.15) is 0 Å². The van der Waals surface area contributed by atoms with Gasteiger partial charge in [-0.2, -0.15) is 11.8 Å². The van der Waals surface area contributed by atoms with Crippen molar-refractivity contribution in [1.29, 1.82) is 0 Å². The fourth-order valence-electron chi connectivity index (χ4n) is 2.88. The zero-order valence-corrected chi connectivity index (χ0v) is 8.72.